The fraction of sp³-hybridized carbons (Fsp3) is 0.500. The molecule has 7 heteroatoms. The molecular formula is C16H22N4OS2. The summed E-state index contributed by atoms with van der Waals surface area (Å²) in [5, 5.41) is 7.53. The van der Waals surface area contributed by atoms with Crippen LogP contribution in [-0.2, 0) is 0 Å². The SMILES string of the molecule is COc1cccc(NC(=S)NNC(=S)N[C@H]2C[C@@H]3CC[C@@H]2C3)c1. The van der Waals surface area contributed by atoms with Crippen molar-refractivity contribution in [3.05, 3.63) is 24.3 Å². The van der Waals surface area contributed by atoms with Crippen LogP contribution in [0.4, 0.5) is 5.69 Å². The maximum atomic E-state index is 5.34. The standard InChI is InChI=1S/C16H22N4OS2/c1-21-13-4-2-3-12(9-13)17-15(22)19-20-16(23)18-14-8-10-5-6-11(14)7-10/h2-4,9-11,14H,5-8H2,1H3,(H2,17,19,22)(H2,18,20,23)/t10-,11-,14+/m1/s1. The molecule has 1 aromatic carbocycles. The summed E-state index contributed by atoms with van der Waals surface area (Å²) in [7, 11) is 1.64. The van der Waals surface area contributed by atoms with Gasteiger partial charge in [-0.05, 0) is 67.7 Å². The van der Waals surface area contributed by atoms with E-state index in [1.807, 2.05) is 24.3 Å². The van der Waals surface area contributed by atoms with Crippen LogP contribution >= 0.6 is 24.4 Å². The van der Waals surface area contributed by atoms with Crippen LogP contribution < -0.4 is 26.2 Å². The van der Waals surface area contributed by atoms with E-state index in [9.17, 15) is 0 Å². The lowest BCUT2D eigenvalue weighted by Crippen LogP contribution is -2.51. The van der Waals surface area contributed by atoms with Gasteiger partial charge >= 0.3 is 0 Å². The van der Waals surface area contributed by atoms with Crippen molar-refractivity contribution in [2.75, 3.05) is 12.4 Å². The van der Waals surface area contributed by atoms with E-state index in [0.717, 1.165) is 23.3 Å². The number of hydrogen-bond donors (Lipinski definition) is 4. The minimum Gasteiger partial charge on any atom is -0.497 e. The molecule has 3 atom stereocenters. The predicted octanol–water partition coefficient (Wildman–Crippen LogP) is 2.55. The number of fused-ring (bicyclic) bond motifs is 2. The van der Waals surface area contributed by atoms with Crippen molar-refractivity contribution in [3.63, 3.8) is 0 Å². The maximum Gasteiger partial charge on any atom is 0.189 e. The van der Waals surface area contributed by atoms with Crippen molar-refractivity contribution in [1.29, 1.82) is 0 Å². The van der Waals surface area contributed by atoms with Gasteiger partial charge in [0.2, 0.25) is 0 Å². The Morgan fingerprint density at radius 1 is 1.13 bits per heavy atom. The van der Waals surface area contributed by atoms with Gasteiger partial charge in [0, 0.05) is 17.8 Å². The summed E-state index contributed by atoms with van der Waals surface area (Å²) in [6.45, 7) is 0. The van der Waals surface area contributed by atoms with Crippen molar-refractivity contribution >= 4 is 40.3 Å². The van der Waals surface area contributed by atoms with Gasteiger partial charge in [-0.1, -0.05) is 12.5 Å². The number of benzene rings is 1. The summed E-state index contributed by atoms with van der Waals surface area (Å²) in [5.41, 5.74) is 6.72. The van der Waals surface area contributed by atoms with Crippen LogP contribution in [0.2, 0.25) is 0 Å². The largest absolute Gasteiger partial charge is 0.497 e. The molecule has 5 nitrogen and oxygen atoms in total. The van der Waals surface area contributed by atoms with E-state index < -0.39 is 0 Å². The second kappa shape index (κ2) is 7.31. The number of methoxy groups -OCH3 is 1. The highest BCUT2D eigenvalue weighted by molar-refractivity contribution is 7.80. The maximum absolute atomic E-state index is 5.34. The fourth-order valence-corrected chi connectivity index (χ4v) is 3.97. The molecule has 2 saturated carbocycles. The van der Waals surface area contributed by atoms with E-state index in [0.29, 0.717) is 16.3 Å². The third-order valence-corrected chi connectivity index (χ3v) is 5.10. The van der Waals surface area contributed by atoms with Crippen LogP contribution in [0.25, 0.3) is 0 Å². The first-order valence-corrected chi connectivity index (χ1v) is 8.73. The normalized spacial score (nSPS) is 24.8. The molecule has 23 heavy (non-hydrogen) atoms. The van der Waals surface area contributed by atoms with Gasteiger partial charge in [0.25, 0.3) is 0 Å². The van der Waals surface area contributed by atoms with E-state index in [1.54, 1.807) is 7.11 Å². The lowest BCUT2D eigenvalue weighted by molar-refractivity contribution is 0.389. The quantitative estimate of drug-likeness (QED) is 0.494. The number of rotatable bonds is 3. The molecule has 0 radical (unpaired) electrons. The van der Waals surface area contributed by atoms with Gasteiger partial charge in [-0.25, -0.2) is 0 Å². The smallest absolute Gasteiger partial charge is 0.189 e. The summed E-state index contributed by atoms with van der Waals surface area (Å²) in [6.07, 6.45) is 5.30. The highest BCUT2D eigenvalue weighted by Crippen LogP contribution is 2.44. The Balaban J connectivity index is 1.40. The zero-order chi connectivity index (χ0) is 16.2. The first kappa shape index (κ1) is 16.3. The van der Waals surface area contributed by atoms with Gasteiger partial charge < -0.3 is 15.4 Å². The van der Waals surface area contributed by atoms with Gasteiger partial charge in [-0.3, -0.25) is 10.9 Å². The lowest BCUT2D eigenvalue weighted by Gasteiger charge is -2.24. The topological polar surface area (TPSA) is 57.4 Å². The third kappa shape index (κ3) is 4.23. The minimum atomic E-state index is 0.454. The molecule has 124 valence electrons. The van der Waals surface area contributed by atoms with E-state index in [-0.39, 0.29) is 0 Å². The first-order chi connectivity index (χ1) is 11.1. The Morgan fingerprint density at radius 2 is 1.96 bits per heavy atom. The monoisotopic (exact) mass is 350 g/mol. The number of thiocarbonyl (C=S) groups is 2. The van der Waals surface area contributed by atoms with E-state index in [2.05, 4.69) is 21.5 Å². The Labute approximate surface area is 147 Å². The summed E-state index contributed by atoms with van der Waals surface area (Å²) < 4.78 is 5.18. The zero-order valence-electron chi connectivity index (χ0n) is 13.1. The number of anilines is 1. The van der Waals surface area contributed by atoms with E-state index in [1.165, 1.54) is 25.7 Å². The molecule has 0 unspecified atom stereocenters. The van der Waals surface area contributed by atoms with Gasteiger partial charge in [-0.15, -0.1) is 0 Å². The Bertz CT molecular complexity index is 595. The molecule has 0 spiro atoms. The van der Waals surface area contributed by atoms with Crippen LogP contribution in [0.3, 0.4) is 0 Å². The Morgan fingerprint density at radius 3 is 2.65 bits per heavy atom. The second-order valence-electron chi connectivity index (χ2n) is 6.19. The average Bonchev–Trinajstić information content (AvgIpc) is 3.16. The average molecular weight is 351 g/mol. The summed E-state index contributed by atoms with van der Waals surface area (Å²) >= 11 is 10.6. The fourth-order valence-electron chi connectivity index (χ4n) is 3.60. The van der Waals surface area contributed by atoms with E-state index in [4.69, 9.17) is 29.2 Å². The highest BCUT2D eigenvalue weighted by Gasteiger charge is 2.39. The second-order valence-corrected chi connectivity index (χ2v) is 7.01. The summed E-state index contributed by atoms with van der Waals surface area (Å²) in [4.78, 5) is 0. The lowest BCUT2D eigenvalue weighted by atomic mass is 9.96. The molecule has 2 aliphatic carbocycles. The molecule has 0 aromatic heterocycles. The molecule has 2 aliphatic rings. The van der Waals surface area contributed by atoms with Crippen LogP contribution in [0.15, 0.2) is 24.3 Å². The van der Waals surface area contributed by atoms with Crippen molar-refractivity contribution < 1.29 is 4.74 Å². The molecule has 4 N–H and O–H groups in total. The number of hydrazine groups is 1. The number of hydrogen-bond acceptors (Lipinski definition) is 3. The molecule has 0 amide bonds. The van der Waals surface area contributed by atoms with Crippen LogP contribution in [0, 0.1) is 11.8 Å². The Hall–Kier alpha value is -1.60. The summed E-state index contributed by atoms with van der Waals surface area (Å²) in [5.74, 6) is 2.45. The first-order valence-electron chi connectivity index (χ1n) is 7.91. The van der Waals surface area contributed by atoms with Crippen molar-refractivity contribution in [1.82, 2.24) is 16.2 Å². The molecule has 0 heterocycles. The predicted molar refractivity (Wildman–Crippen MR) is 100 cm³/mol. The van der Waals surface area contributed by atoms with Crippen LogP contribution in [-0.4, -0.2) is 23.4 Å². The molecule has 3 rings (SSSR count). The third-order valence-electron chi connectivity index (χ3n) is 4.67. The minimum absolute atomic E-state index is 0.454. The molecule has 0 aliphatic heterocycles. The molecular weight excluding hydrogens is 328 g/mol. The molecule has 2 fully saturated rings. The van der Waals surface area contributed by atoms with Gasteiger partial charge in [-0.2, -0.15) is 0 Å². The molecule has 0 saturated heterocycles. The van der Waals surface area contributed by atoms with Crippen molar-refractivity contribution in [2.24, 2.45) is 11.8 Å². The van der Waals surface area contributed by atoms with Gasteiger partial charge in [0.1, 0.15) is 5.75 Å². The zero-order valence-corrected chi connectivity index (χ0v) is 14.7. The number of nitrogens with one attached hydrogen (secondary N) is 4. The van der Waals surface area contributed by atoms with Crippen molar-refractivity contribution in [3.8, 4) is 5.75 Å². The Kier molecular flexibility index (Phi) is 5.17. The van der Waals surface area contributed by atoms with Crippen LogP contribution in [0.1, 0.15) is 25.7 Å². The van der Waals surface area contributed by atoms with E-state index >= 15 is 0 Å². The summed E-state index contributed by atoms with van der Waals surface area (Å²) in [6, 6.07) is 8.09. The highest BCUT2D eigenvalue weighted by atomic mass is 32.1. The molecule has 1 aromatic rings. The van der Waals surface area contributed by atoms with Gasteiger partial charge in [0.15, 0.2) is 10.2 Å². The van der Waals surface area contributed by atoms with Crippen LogP contribution in [0.5, 0.6) is 5.75 Å². The molecule has 2 bridgehead atoms. The number of ether oxygens (including phenoxy) is 1. The van der Waals surface area contributed by atoms with Gasteiger partial charge in [0.05, 0.1) is 7.11 Å². The van der Waals surface area contributed by atoms with Crippen molar-refractivity contribution in [2.45, 2.75) is 31.7 Å².